The first-order valence-electron chi connectivity index (χ1n) is 8.19. The Hall–Kier alpha value is -3.64. The Morgan fingerprint density at radius 3 is 2.50 bits per heavy atom. The van der Waals surface area contributed by atoms with Crippen LogP contribution in [0.4, 0.5) is 11.4 Å². The molecule has 1 unspecified atom stereocenters. The molecule has 0 fully saturated rings. The molecule has 1 N–H and O–H groups in total. The number of hydrogen-bond donors (Lipinski definition) is 1. The maximum atomic E-state index is 12.4. The molecule has 6 heteroatoms. The number of fused-ring (bicyclic) bond motifs is 1. The highest BCUT2D eigenvalue weighted by molar-refractivity contribution is 6.01. The fourth-order valence-corrected chi connectivity index (χ4v) is 3.02. The SMILES string of the molecule is N#Cc1ccc(NC(=O)C(C=O)CN2CCc3cc(C#N)ccc32)cc1. The average molecular weight is 344 g/mol. The van der Waals surface area contributed by atoms with Crippen LogP contribution in [0.15, 0.2) is 42.5 Å². The van der Waals surface area contributed by atoms with Crippen LogP contribution in [-0.4, -0.2) is 25.3 Å². The van der Waals surface area contributed by atoms with Gasteiger partial charge in [0.2, 0.25) is 5.91 Å². The predicted molar refractivity (Wildman–Crippen MR) is 96.4 cm³/mol. The van der Waals surface area contributed by atoms with Gasteiger partial charge in [-0.2, -0.15) is 10.5 Å². The van der Waals surface area contributed by atoms with Crippen LogP contribution in [0.5, 0.6) is 0 Å². The van der Waals surface area contributed by atoms with Gasteiger partial charge < -0.3 is 15.0 Å². The Bertz CT molecular complexity index is 922. The maximum absolute atomic E-state index is 12.4. The summed E-state index contributed by atoms with van der Waals surface area (Å²) in [5.41, 5.74) is 3.67. The maximum Gasteiger partial charge on any atom is 0.236 e. The third-order valence-corrected chi connectivity index (χ3v) is 4.40. The normalized spacial score (nSPS) is 13.2. The van der Waals surface area contributed by atoms with Crippen LogP contribution in [-0.2, 0) is 16.0 Å². The summed E-state index contributed by atoms with van der Waals surface area (Å²) in [4.78, 5) is 25.9. The van der Waals surface area contributed by atoms with Gasteiger partial charge in [0.05, 0.1) is 23.3 Å². The minimum atomic E-state index is -0.813. The number of nitriles is 2. The van der Waals surface area contributed by atoms with Crippen molar-refractivity contribution in [3.63, 3.8) is 0 Å². The van der Waals surface area contributed by atoms with Crippen molar-refractivity contribution in [3.05, 3.63) is 59.2 Å². The minimum absolute atomic E-state index is 0.282. The van der Waals surface area contributed by atoms with E-state index in [2.05, 4.69) is 11.4 Å². The molecule has 1 amide bonds. The number of carbonyl (C=O) groups is 2. The number of benzene rings is 2. The van der Waals surface area contributed by atoms with Crippen molar-refractivity contribution < 1.29 is 9.59 Å². The molecule has 0 aliphatic carbocycles. The molecular formula is C20H16N4O2. The molecule has 1 atom stereocenters. The van der Waals surface area contributed by atoms with E-state index in [1.807, 2.05) is 23.1 Å². The van der Waals surface area contributed by atoms with Crippen LogP contribution in [0.25, 0.3) is 0 Å². The van der Waals surface area contributed by atoms with Gasteiger partial charge in [-0.05, 0) is 54.4 Å². The number of nitrogens with one attached hydrogen (secondary N) is 1. The number of carbonyl (C=O) groups excluding carboxylic acids is 2. The molecule has 6 nitrogen and oxygen atoms in total. The van der Waals surface area contributed by atoms with Crippen LogP contribution < -0.4 is 10.2 Å². The van der Waals surface area contributed by atoms with E-state index in [0.29, 0.717) is 29.6 Å². The number of nitrogens with zero attached hydrogens (tertiary/aromatic N) is 3. The molecule has 0 radical (unpaired) electrons. The summed E-state index contributed by atoms with van der Waals surface area (Å²) in [6.45, 7) is 0.989. The molecule has 0 saturated heterocycles. The smallest absolute Gasteiger partial charge is 0.236 e. The van der Waals surface area contributed by atoms with Gasteiger partial charge in [-0.25, -0.2) is 0 Å². The van der Waals surface area contributed by atoms with Crippen LogP contribution in [0.2, 0.25) is 0 Å². The third kappa shape index (κ3) is 3.55. The lowest BCUT2D eigenvalue weighted by molar-refractivity contribution is -0.124. The highest BCUT2D eigenvalue weighted by Gasteiger charge is 2.26. The number of rotatable bonds is 5. The Balaban J connectivity index is 1.68. The first-order valence-corrected chi connectivity index (χ1v) is 8.19. The average Bonchev–Trinajstić information content (AvgIpc) is 3.08. The summed E-state index contributed by atoms with van der Waals surface area (Å²) in [7, 11) is 0. The molecule has 0 aromatic heterocycles. The Morgan fingerprint density at radius 2 is 1.85 bits per heavy atom. The molecule has 1 aliphatic rings. The molecule has 26 heavy (non-hydrogen) atoms. The molecule has 3 rings (SSSR count). The fourth-order valence-electron chi connectivity index (χ4n) is 3.02. The second-order valence-electron chi connectivity index (χ2n) is 6.07. The molecule has 2 aromatic rings. The van der Waals surface area contributed by atoms with Crippen molar-refractivity contribution in [1.82, 2.24) is 0 Å². The van der Waals surface area contributed by atoms with Crippen molar-refractivity contribution in [3.8, 4) is 12.1 Å². The topological polar surface area (TPSA) is 97.0 Å². The second kappa shape index (κ2) is 7.50. The highest BCUT2D eigenvalue weighted by Crippen LogP contribution is 2.29. The van der Waals surface area contributed by atoms with Gasteiger partial charge in [0, 0.05) is 24.5 Å². The number of amides is 1. The molecule has 0 bridgehead atoms. The zero-order valence-electron chi connectivity index (χ0n) is 14.0. The first-order chi connectivity index (χ1) is 12.6. The van der Waals surface area contributed by atoms with Crippen LogP contribution >= 0.6 is 0 Å². The first kappa shape index (κ1) is 17.2. The van der Waals surface area contributed by atoms with Crippen LogP contribution in [0.1, 0.15) is 16.7 Å². The number of anilines is 2. The highest BCUT2D eigenvalue weighted by atomic mass is 16.2. The molecule has 128 valence electrons. The van der Waals surface area contributed by atoms with E-state index < -0.39 is 5.92 Å². The zero-order chi connectivity index (χ0) is 18.5. The zero-order valence-corrected chi connectivity index (χ0v) is 14.0. The molecule has 1 heterocycles. The molecular weight excluding hydrogens is 328 g/mol. The van der Waals surface area contributed by atoms with E-state index in [4.69, 9.17) is 10.5 Å². The summed E-state index contributed by atoms with van der Waals surface area (Å²) in [5, 5.41) is 20.5. The Labute approximate surface area is 151 Å². The largest absolute Gasteiger partial charge is 0.370 e. The van der Waals surface area contributed by atoms with E-state index in [1.165, 1.54) is 0 Å². The fraction of sp³-hybridized carbons (Fsp3) is 0.200. The predicted octanol–water partition coefficient (Wildman–Crippen LogP) is 2.25. The molecule has 0 saturated carbocycles. The van der Waals surface area contributed by atoms with E-state index in [0.717, 1.165) is 17.7 Å². The Kier molecular flexibility index (Phi) is 4.96. The van der Waals surface area contributed by atoms with Gasteiger partial charge in [-0.15, -0.1) is 0 Å². The van der Waals surface area contributed by atoms with Crippen molar-refractivity contribution in [2.24, 2.45) is 5.92 Å². The number of aldehydes is 1. The summed E-state index contributed by atoms with van der Waals surface area (Å²) in [6.07, 6.45) is 1.44. The second-order valence-corrected chi connectivity index (χ2v) is 6.07. The molecule has 0 spiro atoms. The van der Waals surface area contributed by atoms with E-state index in [1.54, 1.807) is 30.3 Å². The lowest BCUT2D eigenvalue weighted by Crippen LogP contribution is -2.36. The monoisotopic (exact) mass is 344 g/mol. The van der Waals surface area contributed by atoms with Crippen molar-refractivity contribution in [2.45, 2.75) is 6.42 Å². The van der Waals surface area contributed by atoms with Crippen LogP contribution in [0, 0.1) is 28.6 Å². The van der Waals surface area contributed by atoms with Gasteiger partial charge in [0.25, 0.3) is 0 Å². The summed E-state index contributed by atoms with van der Waals surface area (Å²) >= 11 is 0. The number of hydrogen-bond acceptors (Lipinski definition) is 5. The van der Waals surface area contributed by atoms with E-state index in [9.17, 15) is 9.59 Å². The standard InChI is InChI=1S/C20H16N4O2/c21-10-14-1-4-18(5-2-14)23-20(26)17(13-25)12-24-8-7-16-9-15(11-22)3-6-19(16)24/h1-6,9,13,17H,7-8,12H2,(H,23,26). The summed E-state index contributed by atoms with van der Waals surface area (Å²) in [6, 6.07) is 16.1. The van der Waals surface area contributed by atoms with Gasteiger partial charge in [-0.1, -0.05) is 0 Å². The minimum Gasteiger partial charge on any atom is -0.370 e. The van der Waals surface area contributed by atoms with Gasteiger partial charge in [-0.3, -0.25) is 4.79 Å². The van der Waals surface area contributed by atoms with Gasteiger partial charge >= 0.3 is 0 Å². The van der Waals surface area contributed by atoms with Crippen molar-refractivity contribution in [2.75, 3.05) is 23.3 Å². The molecule has 2 aromatic carbocycles. The third-order valence-electron chi connectivity index (χ3n) is 4.40. The lowest BCUT2D eigenvalue weighted by atomic mass is 10.1. The van der Waals surface area contributed by atoms with E-state index >= 15 is 0 Å². The molecule has 1 aliphatic heterocycles. The summed E-state index contributed by atoms with van der Waals surface area (Å²) < 4.78 is 0. The quantitative estimate of drug-likeness (QED) is 0.663. The van der Waals surface area contributed by atoms with Crippen LogP contribution in [0.3, 0.4) is 0 Å². The van der Waals surface area contributed by atoms with E-state index in [-0.39, 0.29) is 12.5 Å². The van der Waals surface area contributed by atoms with Crippen molar-refractivity contribution >= 4 is 23.6 Å². The lowest BCUT2D eigenvalue weighted by Gasteiger charge is -2.22. The van der Waals surface area contributed by atoms with Gasteiger partial charge in [0.15, 0.2) is 0 Å². The van der Waals surface area contributed by atoms with Gasteiger partial charge in [0.1, 0.15) is 12.2 Å². The Morgan fingerprint density at radius 1 is 1.15 bits per heavy atom. The van der Waals surface area contributed by atoms with Crippen molar-refractivity contribution in [1.29, 1.82) is 10.5 Å². The summed E-state index contributed by atoms with van der Waals surface area (Å²) in [5.74, 6) is -1.20.